The van der Waals surface area contributed by atoms with Gasteiger partial charge in [-0.1, -0.05) is 63.2 Å². The molecule has 2 amide bonds. The zero-order valence-electron chi connectivity index (χ0n) is 17.7. The topological polar surface area (TPSA) is 80.0 Å². The van der Waals surface area contributed by atoms with Gasteiger partial charge in [0, 0.05) is 11.3 Å². The molecule has 0 aliphatic carbocycles. The quantitative estimate of drug-likeness (QED) is 0.409. The lowest BCUT2D eigenvalue weighted by Crippen LogP contribution is -2.19. The van der Waals surface area contributed by atoms with Crippen molar-refractivity contribution in [1.82, 2.24) is 10.2 Å². The van der Waals surface area contributed by atoms with E-state index in [0.29, 0.717) is 28.7 Å². The van der Waals surface area contributed by atoms with Crippen LogP contribution >= 0.6 is 0 Å². The zero-order valence-corrected chi connectivity index (χ0v) is 17.7. The Balaban J connectivity index is 1.55. The Morgan fingerprint density at radius 1 is 0.774 bits per heavy atom. The van der Waals surface area contributed by atoms with Crippen LogP contribution in [0.25, 0.3) is 22.9 Å². The second kappa shape index (κ2) is 8.44. The summed E-state index contributed by atoms with van der Waals surface area (Å²) in [5.74, 6) is 0.768. The number of aromatic nitrogens is 2. The Labute approximate surface area is 181 Å². The van der Waals surface area contributed by atoms with E-state index < -0.39 is 0 Å². The summed E-state index contributed by atoms with van der Waals surface area (Å²) in [5, 5.41) is 14.0. The van der Waals surface area contributed by atoms with Gasteiger partial charge in [0.25, 0.3) is 0 Å². The van der Waals surface area contributed by atoms with E-state index in [1.165, 1.54) is 5.56 Å². The zero-order chi connectivity index (χ0) is 21.8. The molecule has 0 spiro atoms. The molecule has 0 radical (unpaired) electrons. The fourth-order valence-corrected chi connectivity index (χ4v) is 3.15. The number of nitrogens with one attached hydrogen (secondary N) is 2. The molecule has 31 heavy (non-hydrogen) atoms. The molecule has 0 aliphatic rings. The molecule has 4 aromatic rings. The van der Waals surface area contributed by atoms with Crippen molar-refractivity contribution in [2.75, 3.05) is 10.6 Å². The molecule has 1 aromatic heterocycles. The van der Waals surface area contributed by atoms with E-state index >= 15 is 0 Å². The number of carbonyl (C=O) groups excluding carboxylic acids is 1. The van der Waals surface area contributed by atoms with Crippen molar-refractivity contribution in [1.29, 1.82) is 0 Å². The molecule has 0 fully saturated rings. The van der Waals surface area contributed by atoms with E-state index in [0.717, 1.165) is 5.56 Å². The van der Waals surface area contributed by atoms with Crippen LogP contribution in [0.5, 0.6) is 0 Å². The van der Waals surface area contributed by atoms with Crippen LogP contribution in [0.15, 0.2) is 83.3 Å². The predicted octanol–water partition coefficient (Wildman–Crippen LogP) is 6.35. The number of nitrogens with zero attached hydrogens (tertiary/aromatic N) is 2. The number of hydrogen-bond acceptors (Lipinski definition) is 4. The van der Waals surface area contributed by atoms with Gasteiger partial charge in [0.1, 0.15) is 0 Å². The van der Waals surface area contributed by atoms with E-state index in [2.05, 4.69) is 53.7 Å². The largest absolute Gasteiger partial charge is 0.416 e. The maximum atomic E-state index is 12.4. The molecule has 0 aliphatic heterocycles. The molecule has 3 aromatic carbocycles. The molecule has 1 heterocycles. The minimum Gasteiger partial charge on any atom is -0.416 e. The monoisotopic (exact) mass is 412 g/mol. The maximum Gasteiger partial charge on any atom is 0.323 e. The van der Waals surface area contributed by atoms with Gasteiger partial charge in [-0.3, -0.25) is 0 Å². The van der Waals surface area contributed by atoms with Gasteiger partial charge in [0.05, 0.1) is 11.3 Å². The third-order valence-corrected chi connectivity index (χ3v) is 4.86. The molecule has 6 nitrogen and oxygen atoms in total. The number of hydrogen-bond donors (Lipinski definition) is 2. The number of anilines is 2. The molecule has 0 saturated heterocycles. The third kappa shape index (κ3) is 4.80. The van der Waals surface area contributed by atoms with Crippen molar-refractivity contribution in [3.8, 4) is 22.9 Å². The number of rotatable bonds is 4. The molecule has 0 unspecified atom stereocenters. The lowest BCUT2D eigenvalue weighted by Gasteiger charge is -2.18. The summed E-state index contributed by atoms with van der Waals surface area (Å²) in [7, 11) is 0. The first-order valence-electron chi connectivity index (χ1n) is 10.1. The van der Waals surface area contributed by atoms with E-state index in [9.17, 15) is 4.79 Å². The summed E-state index contributed by atoms with van der Waals surface area (Å²) in [5.41, 5.74) is 4.08. The van der Waals surface area contributed by atoms with Crippen LogP contribution in [-0.2, 0) is 5.41 Å². The van der Waals surface area contributed by atoms with Crippen LogP contribution in [0.1, 0.15) is 26.3 Å². The van der Waals surface area contributed by atoms with Gasteiger partial charge in [0.15, 0.2) is 0 Å². The summed E-state index contributed by atoms with van der Waals surface area (Å²) in [6, 6.07) is 24.3. The highest BCUT2D eigenvalue weighted by atomic mass is 16.4. The summed E-state index contributed by atoms with van der Waals surface area (Å²) >= 11 is 0. The van der Waals surface area contributed by atoms with Crippen molar-refractivity contribution < 1.29 is 9.21 Å². The first kappa shape index (κ1) is 20.3. The molecule has 0 atom stereocenters. The van der Waals surface area contributed by atoms with Gasteiger partial charge in [-0.05, 0) is 47.4 Å². The van der Waals surface area contributed by atoms with Gasteiger partial charge in [-0.15, -0.1) is 10.2 Å². The fraction of sp³-hybridized carbons (Fsp3) is 0.160. The van der Waals surface area contributed by atoms with Crippen molar-refractivity contribution in [2.24, 2.45) is 0 Å². The molecule has 0 saturated carbocycles. The molecule has 4 rings (SSSR count). The van der Waals surface area contributed by atoms with E-state index in [-0.39, 0.29) is 11.4 Å². The lowest BCUT2D eigenvalue weighted by molar-refractivity contribution is 0.262. The van der Waals surface area contributed by atoms with E-state index in [1.807, 2.05) is 60.7 Å². The highest BCUT2D eigenvalue weighted by Crippen LogP contribution is 2.30. The average molecular weight is 412 g/mol. The second-order valence-electron chi connectivity index (χ2n) is 8.23. The Hall–Kier alpha value is -3.93. The van der Waals surface area contributed by atoms with Crippen LogP contribution in [0, 0.1) is 0 Å². The highest BCUT2D eigenvalue weighted by molar-refractivity contribution is 6.01. The molecular weight excluding hydrogens is 388 g/mol. The van der Waals surface area contributed by atoms with Gasteiger partial charge >= 0.3 is 6.03 Å². The normalized spacial score (nSPS) is 11.2. The van der Waals surface area contributed by atoms with Crippen LogP contribution in [0.2, 0.25) is 0 Å². The van der Waals surface area contributed by atoms with Gasteiger partial charge < -0.3 is 15.1 Å². The van der Waals surface area contributed by atoms with Crippen LogP contribution < -0.4 is 10.6 Å². The molecular formula is C25H24N4O2. The minimum absolute atomic E-state index is 0.0729. The Bertz CT molecular complexity index is 1180. The third-order valence-electron chi connectivity index (χ3n) is 4.86. The number of urea groups is 1. The Morgan fingerprint density at radius 3 is 2.13 bits per heavy atom. The number of carbonyl (C=O) groups is 1. The van der Waals surface area contributed by atoms with E-state index in [4.69, 9.17) is 4.42 Å². The molecule has 0 bridgehead atoms. The Kier molecular flexibility index (Phi) is 5.54. The maximum absolute atomic E-state index is 12.4. The first-order chi connectivity index (χ1) is 14.9. The van der Waals surface area contributed by atoms with Crippen molar-refractivity contribution >= 4 is 17.4 Å². The number of amides is 2. The summed E-state index contributed by atoms with van der Waals surface area (Å²) < 4.78 is 5.93. The molecule has 2 N–H and O–H groups in total. The first-order valence-corrected chi connectivity index (χ1v) is 10.1. The Morgan fingerprint density at radius 2 is 1.42 bits per heavy atom. The van der Waals surface area contributed by atoms with Crippen LogP contribution in [0.4, 0.5) is 16.2 Å². The van der Waals surface area contributed by atoms with Gasteiger partial charge in [-0.2, -0.15) is 0 Å². The second-order valence-corrected chi connectivity index (χ2v) is 8.23. The lowest BCUT2D eigenvalue weighted by atomic mass is 9.87. The van der Waals surface area contributed by atoms with Crippen LogP contribution in [-0.4, -0.2) is 16.2 Å². The molecule has 6 heteroatoms. The average Bonchev–Trinajstić information content (AvgIpc) is 3.24. The fourth-order valence-electron chi connectivity index (χ4n) is 3.15. The predicted molar refractivity (Wildman–Crippen MR) is 123 cm³/mol. The SMILES string of the molecule is CC(C)(C)c1ccc(-c2nnc(-c3ccccc3NC(=O)Nc3ccccc3)o2)cc1. The number of benzene rings is 3. The summed E-state index contributed by atoms with van der Waals surface area (Å²) in [6.45, 7) is 6.51. The van der Waals surface area contributed by atoms with Gasteiger partial charge in [-0.25, -0.2) is 4.79 Å². The van der Waals surface area contributed by atoms with E-state index in [1.54, 1.807) is 6.07 Å². The smallest absolute Gasteiger partial charge is 0.323 e. The highest BCUT2D eigenvalue weighted by Gasteiger charge is 2.17. The molecule has 156 valence electrons. The number of para-hydroxylation sites is 2. The van der Waals surface area contributed by atoms with Gasteiger partial charge in [0.2, 0.25) is 11.8 Å². The van der Waals surface area contributed by atoms with Crippen molar-refractivity contribution in [2.45, 2.75) is 26.2 Å². The minimum atomic E-state index is -0.351. The standard InChI is InChI=1S/C25H24N4O2/c1-25(2,3)18-15-13-17(14-16-18)22-28-29-23(31-22)20-11-7-8-12-21(20)27-24(30)26-19-9-5-4-6-10-19/h4-16H,1-3H3,(H2,26,27,30). The van der Waals surface area contributed by atoms with Crippen molar-refractivity contribution in [3.63, 3.8) is 0 Å². The van der Waals surface area contributed by atoms with Crippen molar-refractivity contribution in [3.05, 3.63) is 84.4 Å². The summed E-state index contributed by atoms with van der Waals surface area (Å²) in [4.78, 5) is 12.4. The van der Waals surface area contributed by atoms with Crippen LogP contribution in [0.3, 0.4) is 0 Å². The summed E-state index contributed by atoms with van der Waals surface area (Å²) in [6.07, 6.45) is 0.